The van der Waals surface area contributed by atoms with Crippen LogP contribution in [0.4, 0.5) is 11.8 Å². The predicted octanol–water partition coefficient (Wildman–Crippen LogP) is 1.98. The molecule has 0 radical (unpaired) electrons. The van der Waals surface area contributed by atoms with Crippen molar-refractivity contribution in [2.45, 2.75) is 19.8 Å². The molecule has 16 heavy (non-hydrogen) atoms. The van der Waals surface area contributed by atoms with Crippen LogP contribution in [0.15, 0.2) is 18.7 Å². The number of rotatable bonds is 4. The molecule has 1 N–H and O–H groups in total. The monoisotopic (exact) mass is 218 g/mol. The smallest absolute Gasteiger partial charge is 0.225 e. The van der Waals surface area contributed by atoms with Gasteiger partial charge < -0.3 is 10.2 Å². The van der Waals surface area contributed by atoms with Gasteiger partial charge in [0.2, 0.25) is 5.95 Å². The first-order valence-corrected chi connectivity index (χ1v) is 5.75. The van der Waals surface area contributed by atoms with Crippen molar-refractivity contribution in [1.29, 1.82) is 0 Å². The topological polar surface area (TPSA) is 41.1 Å². The van der Waals surface area contributed by atoms with Crippen molar-refractivity contribution in [3.8, 4) is 0 Å². The van der Waals surface area contributed by atoms with Crippen LogP contribution < -0.4 is 10.2 Å². The maximum Gasteiger partial charge on any atom is 0.225 e. The maximum atomic E-state index is 4.51. The van der Waals surface area contributed by atoms with E-state index < -0.39 is 0 Å². The van der Waals surface area contributed by atoms with Crippen LogP contribution >= 0.6 is 0 Å². The maximum absolute atomic E-state index is 4.51. The minimum Gasteiger partial charge on any atom is -0.356 e. The van der Waals surface area contributed by atoms with Gasteiger partial charge in [-0.25, -0.2) is 4.98 Å². The molecule has 1 aromatic rings. The van der Waals surface area contributed by atoms with Gasteiger partial charge in [0.25, 0.3) is 0 Å². The second kappa shape index (κ2) is 4.96. The highest BCUT2D eigenvalue weighted by Gasteiger charge is 2.14. The van der Waals surface area contributed by atoms with Gasteiger partial charge >= 0.3 is 0 Å². The molecule has 4 heteroatoms. The zero-order valence-corrected chi connectivity index (χ0v) is 9.74. The van der Waals surface area contributed by atoms with E-state index in [4.69, 9.17) is 0 Å². The van der Waals surface area contributed by atoms with Gasteiger partial charge in [0.1, 0.15) is 5.82 Å². The molecule has 0 atom stereocenters. The van der Waals surface area contributed by atoms with Crippen molar-refractivity contribution in [2.24, 2.45) is 0 Å². The summed E-state index contributed by atoms with van der Waals surface area (Å²) in [4.78, 5) is 11.2. The zero-order chi connectivity index (χ0) is 11.4. The molecule has 0 aliphatic carbocycles. The Bertz CT molecular complexity index is 369. The number of hydrogen-bond acceptors (Lipinski definition) is 4. The van der Waals surface area contributed by atoms with Gasteiger partial charge in [-0.3, -0.25) is 0 Å². The van der Waals surface area contributed by atoms with Crippen LogP contribution in [-0.4, -0.2) is 29.6 Å². The lowest BCUT2D eigenvalue weighted by molar-refractivity contribution is 0.920. The van der Waals surface area contributed by atoms with Crippen LogP contribution in [0.5, 0.6) is 0 Å². The van der Waals surface area contributed by atoms with E-state index in [1.807, 2.05) is 13.0 Å². The highest BCUT2D eigenvalue weighted by Crippen LogP contribution is 2.19. The van der Waals surface area contributed by atoms with Gasteiger partial charge in [0.05, 0.1) is 0 Å². The average molecular weight is 218 g/mol. The second-order valence-electron chi connectivity index (χ2n) is 4.05. The Morgan fingerprint density at radius 2 is 2.19 bits per heavy atom. The summed E-state index contributed by atoms with van der Waals surface area (Å²) in [6.07, 6.45) is 4.33. The number of aromatic nitrogens is 2. The van der Waals surface area contributed by atoms with E-state index in [9.17, 15) is 0 Å². The average Bonchev–Trinajstić information content (AvgIpc) is 2.79. The fraction of sp³-hybridized carbons (Fsp3) is 0.500. The van der Waals surface area contributed by atoms with Gasteiger partial charge in [-0.2, -0.15) is 4.98 Å². The zero-order valence-electron chi connectivity index (χ0n) is 9.74. The van der Waals surface area contributed by atoms with E-state index in [1.54, 1.807) is 6.08 Å². The molecule has 1 aliphatic rings. The van der Waals surface area contributed by atoms with Gasteiger partial charge in [0, 0.05) is 31.4 Å². The van der Waals surface area contributed by atoms with Crippen molar-refractivity contribution >= 4 is 11.8 Å². The Labute approximate surface area is 96.4 Å². The Kier molecular flexibility index (Phi) is 3.39. The van der Waals surface area contributed by atoms with Crippen molar-refractivity contribution in [3.63, 3.8) is 0 Å². The SMILES string of the molecule is C=CCNc1nc(C)cc(N2CCCC2)n1. The summed E-state index contributed by atoms with van der Waals surface area (Å²) in [6, 6.07) is 2.05. The molecule has 0 aromatic carbocycles. The molecule has 1 aromatic heterocycles. The van der Waals surface area contributed by atoms with Crippen molar-refractivity contribution in [2.75, 3.05) is 29.9 Å². The summed E-state index contributed by atoms with van der Waals surface area (Å²) in [5, 5.41) is 3.13. The normalized spacial score (nSPS) is 15.2. The van der Waals surface area contributed by atoms with Gasteiger partial charge in [-0.15, -0.1) is 6.58 Å². The summed E-state index contributed by atoms with van der Waals surface area (Å²) in [5.74, 6) is 1.73. The number of nitrogens with one attached hydrogen (secondary N) is 1. The van der Waals surface area contributed by atoms with E-state index in [1.165, 1.54) is 12.8 Å². The minimum atomic E-state index is 0.696. The van der Waals surface area contributed by atoms with E-state index in [0.717, 1.165) is 24.6 Å². The van der Waals surface area contributed by atoms with Gasteiger partial charge in [-0.05, 0) is 19.8 Å². The fourth-order valence-electron chi connectivity index (χ4n) is 1.90. The van der Waals surface area contributed by atoms with Crippen molar-refractivity contribution in [1.82, 2.24) is 9.97 Å². The van der Waals surface area contributed by atoms with Crippen LogP contribution in [0.2, 0.25) is 0 Å². The Hall–Kier alpha value is -1.58. The largest absolute Gasteiger partial charge is 0.356 e. The number of anilines is 2. The third kappa shape index (κ3) is 2.51. The summed E-state index contributed by atoms with van der Waals surface area (Å²) >= 11 is 0. The molecule has 0 unspecified atom stereocenters. The second-order valence-corrected chi connectivity index (χ2v) is 4.05. The molecule has 4 nitrogen and oxygen atoms in total. The lowest BCUT2D eigenvalue weighted by Crippen LogP contribution is -2.20. The van der Waals surface area contributed by atoms with Crippen LogP contribution in [-0.2, 0) is 0 Å². The minimum absolute atomic E-state index is 0.696. The molecule has 0 saturated carbocycles. The molecule has 2 rings (SSSR count). The van der Waals surface area contributed by atoms with Crippen LogP contribution in [0, 0.1) is 6.92 Å². The van der Waals surface area contributed by atoms with Crippen LogP contribution in [0.25, 0.3) is 0 Å². The first-order valence-electron chi connectivity index (χ1n) is 5.75. The van der Waals surface area contributed by atoms with Crippen molar-refractivity contribution < 1.29 is 0 Å². The number of hydrogen-bond donors (Lipinski definition) is 1. The third-order valence-electron chi connectivity index (χ3n) is 2.68. The molecule has 0 spiro atoms. The van der Waals surface area contributed by atoms with Gasteiger partial charge in [-0.1, -0.05) is 6.08 Å². The lowest BCUT2D eigenvalue weighted by atomic mass is 10.4. The fourth-order valence-corrected chi connectivity index (χ4v) is 1.90. The number of nitrogens with zero attached hydrogens (tertiary/aromatic N) is 3. The summed E-state index contributed by atoms with van der Waals surface area (Å²) in [6.45, 7) is 8.58. The van der Waals surface area contributed by atoms with E-state index in [2.05, 4.69) is 26.8 Å². The Morgan fingerprint density at radius 3 is 2.88 bits per heavy atom. The Balaban J connectivity index is 2.17. The first-order chi connectivity index (χ1) is 7.79. The summed E-state index contributed by atoms with van der Waals surface area (Å²) in [5.41, 5.74) is 1.00. The quantitative estimate of drug-likeness (QED) is 0.785. The van der Waals surface area contributed by atoms with Crippen LogP contribution in [0.1, 0.15) is 18.5 Å². The molecule has 0 bridgehead atoms. The summed E-state index contributed by atoms with van der Waals surface area (Å²) in [7, 11) is 0. The van der Waals surface area contributed by atoms with E-state index in [0.29, 0.717) is 12.5 Å². The highest BCUT2D eigenvalue weighted by atomic mass is 15.2. The molecule has 2 heterocycles. The molecule has 1 aliphatic heterocycles. The molecule has 0 amide bonds. The van der Waals surface area contributed by atoms with Crippen molar-refractivity contribution in [3.05, 3.63) is 24.4 Å². The molecule has 1 saturated heterocycles. The summed E-state index contributed by atoms with van der Waals surface area (Å²) < 4.78 is 0. The van der Waals surface area contributed by atoms with Crippen LogP contribution in [0.3, 0.4) is 0 Å². The predicted molar refractivity (Wildman–Crippen MR) is 66.9 cm³/mol. The van der Waals surface area contributed by atoms with Gasteiger partial charge in [0.15, 0.2) is 0 Å². The first kappa shape index (κ1) is 10.9. The van der Waals surface area contributed by atoms with E-state index >= 15 is 0 Å². The Morgan fingerprint density at radius 1 is 1.44 bits per heavy atom. The number of aryl methyl sites for hydroxylation is 1. The standard InChI is InChI=1S/C12H18N4/c1-3-6-13-12-14-10(2)9-11(15-12)16-7-4-5-8-16/h3,9H,1,4-8H2,2H3,(H,13,14,15). The molecule has 86 valence electrons. The lowest BCUT2D eigenvalue weighted by Gasteiger charge is -2.17. The van der Waals surface area contributed by atoms with E-state index in [-0.39, 0.29) is 0 Å². The molecule has 1 fully saturated rings. The third-order valence-corrected chi connectivity index (χ3v) is 2.68. The highest BCUT2D eigenvalue weighted by molar-refractivity contribution is 5.45. The molecular formula is C12H18N4. The molecular weight excluding hydrogens is 200 g/mol.